The maximum atomic E-state index is 12.9. The second kappa shape index (κ2) is 6.40. The van der Waals surface area contributed by atoms with E-state index >= 15 is 0 Å². The monoisotopic (exact) mass is 329 g/mol. The van der Waals surface area contributed by atoms with Gasteiger partial charge < -0.3 is 10.0 Å². The second-order valence-corrected chi connectivity index (χ2v) is 7.90. The maximum Gasteiger partial charge on any atom is 0.257 e. The topological polar surface area (TPSA) is 58.4 Å². The van der Waals surface area contributed by atoms with E-state index in [9.17, 15) is 9.90 Å². The van der Waals surface area contributed by atoms with Gasteiger partial charge in [0, 0.05) is 25.2 Å². The summed E-state index contributed by atoms with van der Waals surface area (Å²) in [4.78, 5) is 14.4. The van der Waals surface area contributed by atoms with Crippen LogP contribution in [0.4, 0.5) is 0 Å². The number of likely N-dealkylation sites (N-methyl/N-ethyl adjacent to an activating group) is 1. The predicted octanol–water partition coefficient (Wildman–Crippen LogP) is 3.01. The lowest BCUT2D eigenvalue weighted by Crippen LogP contribution is -2.40. The van der Waals surface area contributed by atoms with E-state index in [1.807, 2.05) is 51.1 Å². The molecule has 0 atom stereocenters. The van der Waals surface area contributed by atoms with Crippen molar-refractivity contribution < 1.29 is 9.90 Å². The molecule has 130 valence electrons. The average Bonchev–Trinajstić information content (AvgIpc) is 2.90. The van der Waals surface area contributed by atoms with Gasteiger partial charge in [-0.25, -0.2) is 4.68 Å². The molecular formula is C19H27N3O2. The molecule has 0 aliphatic carbocycles. The molecule has 0 spiro atoms. The van der Waals surface area contributed by atoms with E-state index in [0.29, 0.717) is 5.56 Å². The zero-order chi connectivity index (χ0) is 18.1. The number of amides is 1. The van der Waals surface area contributed by atoms with Crippen molar-refractivity contribution in [1.82, 2.24) is 14.7 Å². The summed E-state index contributed by atoms with van der Waals surface area (Å²) in [5.41, 5.74) is 1.02. The molecule has 5 nitrogen and oxygen atoms in total. The highest BCUT2D eigenvalue weighted by molar-refractivity contribution is 5.95. The van der Waals surface area contributed by atoms with Crippen molar-refractivity contribution >= 4 is 5.91 Å². The second-order valence-electron chi connectivity index (χ2n) is 7.90. The van der Waals surface area contributed by atoms with E-state index in [4.69, 9.17) is 0 Å². The van der Waals surface area contributed by atoms with Crippen molar-refractivity contribution in [3.05, 3.63) is 47.8 Å². The van der Waals surface area contributed by atoms with Crippen LogP contribution in [-0.2, 0) is 5.41 Å². The minimum atomic E-state index is -0.943. The number of hydrogen-bond donors (Lipinski definition) is 1. The minimum absolute atomic E-state index is 0.135. The molecule has 1 aromatic heterocycles. The Morgan fingerprint density at radius 3 is 2.25 bits per heavy atom. The molecule has 5 heteroatoms. The van der Waals surface area contributed by atoms with Gasteiger partial charge in [-0.15, -0.1) is 0 Å². The smallest absolute Gasteiger partial charge is 0.257 e. The van der Waals surface area contributed by atoms with E-state index in [2.05, 4.69) is 5.10 Å². The zero-order valence-electron chi connectivity index (χ0n) is 15.4. The Morgan fingerprint density at radius 1 is 1.17 bits per heavy atom. The first-order chi connectivity index (χ1) is 11.0. The van der Waals surface area contributed by atoms with E-state index < -0.39 is 5.60 Å². The number of carbonyl (C=O) groups excluding carboxylic acids is 1. The van der Waals surface area contributed by atoms with E-state index in [1.165, 1.54) is 0 Å². The fourth-order valence-corrected chi connectivity index (χ4v) is 2.66. The number of aliphatic hydroxyl groups is 1. The third-order valence-electron chi connectivity index (χ3n) is 3.65. The Kier molecular flexibility index (Phi) is 4.85. The Bertz CT molecular complexity index is 706. The fraction of sp³-hybridized carbons (Fsp3) is 0.474. The Morgan fingerprint density at radius 2 is 1.75 bits per heavy atom. The molecule has 24 heavy (non-hydrogen) atoms. The normalized spacial score (nSPS) is 12.3. The molecule has 0 bridgehead atoms. The first-order valence-electron chi connectivity index (χ1n) is 8.12. The summed E-state index contributed by atoms with van der Waals surface area (Å²) in [6.07, 6.45) is 1.78. The van der Waals surface area contributed by atoms with Crippen molar-refractivity contribution in [3.63, 3.8) is 0 Å². The van der Waals surface area contributed by atoms with Crippen LogP contribution in [0.25, 0.3) is 5.69 Å². The van der Waals surface area contributed by atoms with E-state index in [-0.39, 0.29) is 17.9 Å². The first kappa shape index (κ1) is 18.2. The van der Waals surface area contributed by atoms with Crippen LogP contribution in [0.1, 0.15) is 50.7 Å². The van der Waals surface area contributed by atoms with E-state index in [0.717, 1.165) is 11.4 Å². The molecule has 0 saturated heterocycles. The lowest BCUT2D eigenvalue weighted by Gasteiger charge is -2.26. The summed E-state index contributed by atoms with van der Waals surface area (Å²) in [6, 6.07) is 9.73. The average molecular weight is 329 g/mol. The quantitative estimate of drug-likeness (QED) is 0.938. The molecule has 2 aromatic rings. The third kappa shape index (κ3) is 4.23. The van der Waals surface area contributed by atoms with Gasteiger partial charge in [0.2, 0.25) is 0 Å². The Labute approximate surface area is 143 Å². The van der Waals surface area contributed by atoms with Gasteiger partial charge >= 0.3 is 0 Å². The van der Waals surface area contributed by atoms with Crippen molar-refractivity contribution in [3.8, 4) is 5.69 Å². The molecule has 0 saturated carbocycles. The fourth-order valence-electron chi connectivity index (χ4n) is 2.66. The standard InChI is InChI=1S/C19H27N3O2/c1-18(2,3)16-15(17(23)21(6)13-19(4,5)24)12-22(20-16)14-10-8-7-9-11-14/h7-12,24H,13H2,1-6H3. The molecule has 0 aliphatic heterocycles. The van der Waals surface area contributed by atoms with Crippen LogP contribution in [0, 0.1) is 0 Å². The summed E-state index contributed by atoms with van der Waals surface area (Å²) in [7, 11) is 1.70. The highest BCUT2D eigenvalue weighted by Gasteiger charge is 2.29. The largest absolute Gasteiger partial charge is 0.389 e. The SMILES string of the molecule is CN(CC(C)(C)O)C(=O)c1cn(-c2ccccc2)nc1C(C)(C)C. The lowest BCUT2D eigenvalue weighted by molar-refractivity contribution is 0.0366. The number of carbonyl (C=O) groups is 1. The van der Waals surface area contributed by atoms with Gasteiger partial charge in [-0.3, -0.25) is 4.79 Å². The number of aromatic nitrogens is 2. The first-order valence-corrected chi connectivity index (χ1v) is 8.12. The van der Waals surface area contributed by atoms with Gasteiger partial charge in [0.1, 0.15) is 0 Å². The molecule has 1 N–H and O–H groups in total. The molecule has 1 amide bonds. The van der Waals surface area contributed by atoms with Crippen LogP contribution < -0.4 is 0 Å². The molecule has 0 unspecified atom stereocenters. The zero-order valence-corrected chi connectivity index (χ0v) is 15.4. The number of para-hydroxylation sites is 1. The summed E-state index contributed by atoms with van der Waals surface area (Å²) >= 11 is 0. The summed E-state index contributed by atoms with van der Waals surface area (Å²) in [5, 5.41) is 14.6. The Balaban J connectivity index is 2.45. The lowest BCUT2D eigenvalue weighted by atomic mass is 9.89. The van der Waals surface area contributed by atoms with Crippen LogP contribution in [-0.4, -0.2) is 44.9 Å². The molecule has 1 heterocycles. The van der Waals surface area contributed by atoms with Crippen LogP contribution in [0.2, 0.25) is 0 Å². The van der Waals surface area contributed by atoms with Crippen LogP contribution in [0.15, 0.2) is 36.5 Å². The van der Waals surface area contributed by atoms with Gasteiger partial charge in [0.15, 0.2) is 0 Å². The molecule has 0 fully saturated rings. The molecule has 0 radical (unpaired) electrons. The van der Waals surface area contributed by atoms with Gasteiger partial charge in [-0.2, -0.15) is 5.10 Å². The summed E-state index contributed by atoms with van der Waals surface area (Å²) < 4.78 is 1.74. The van der Waals surface area contributed by atoms with Gasteiger partial charge in [-0.1, -0.05) is 39.0 Å². The van der Waals surface area contributed by atoms with Gasteiger partial charge in [0.05, 0.1) is 22.5 Å². The van der Waals surface area contributed by atoms with Crippen molar-refractivity contribution in [2.75, 3.05) is 13.6 Å². The predicted molar refractivity (Wildman–Crippen MR) is 95.5 cm³/mol. The number of hydrogen-bond acceptors (Lipinski definition) is 3. The van der Waals surface area contributed by atoms with Crippen LogP contribution in [0.5, 0.6) is 0 Å². The molecule has 1 aromatic carbocycles. The highest BCUT2D eigenvalue weighted by atomic mass is 16.3. The number of nitrogens with zero attached hydrogens (tertiary/aromatic N) is 3. The summed E-state index contributed by atoms with van der Waals surface area (Å²) in [6.45, 7) is 9.75. The van der Waals surface area contributed by atoms with Crippen molar-refractivity contribution in [1.29, 1.82) is 0 Å². The van der Waals surface area contributed by atoms with Crippen molar-refractivity contribution in [2.45, 2.75) is 45.6 Å². The molecule has 0 aliphatic rings. The number of rotatable bonds is 4. The Hall–Kier alpha value is -2.14. The third-order valence-corrected chi connectivity index (χ3v) is 3.65. The van der Waals surface area contributed by atoms with Gasteiger partial charge in [0.25, 0.3) is 5.91 Å². The van der Waals surface area contributed by atoms with Crippen LogP contribution in [0.3, 0.4) is 0 Å². The summed E-state index contributed by atoms with van der Waals surface area (Å²) in [5.74, 6) is -0.135. The van der Waals surface area contributed by atoms with Crippen LogP contribution >= 0.6 is 0 Å². The van der Waals surface area contributed by atoms with E-state index in [1.54, 1.807) is 36.7 Å². The molecule has 2 rings (SSSR count). The number of benzene rings is 1. The van der Waals surface area contributed by atoms with Crippen molar-refractivity contribution in [2.24, 2.45) is 0 Å². The van der Waals surface area contributed by atoms with Gasteiger partial charge in [-0.05, 0) is 26.0 Å². The highest BCUT2D eigenvalue weighted by Crippen LogP contribution is 2.26. The maximum absolute atomic E-state index is 12.9. The molecular weight excluding hydrogens is 302 g/mol. The minimum Gasteiger partial charge on any atom is -0.389 e.